The number of aliphatic hydroxyl groups excluding tert-OH is 6. The molecule has 0 saturated carbocycles. The van der Waals surface area contributed by atoms with Crippen LogP contribution >= 0.6 is 0 Å². The third-order valence-electron chi connectivity index (χ3n) is 5.06. The van der Waals surface area contributed by atoms with E-state index in [9.17, 15) is 30.6 Å². The third-order valence-corrected chi connectivity index (χ3v) is 5.06. The molecule has 0 aliphatic carbocycles. The van der Waals surface area contributed by atoms with Crippen LogP contribution in [-0.4, -0.2) is 106 Å². The Bertz CT molecular complexity index is 616. The van der Waals surface area contributed by atoms with Crippen molar-refractivity contribution in [2.45, 2.75) is 61.7 Å². The Morgan fingerprint density at radius 1 is 0.793 bits per heavy atom. The summed E-state index contributed by atoms with van der Waals surface area (Å²) in [4.78, 5) is 0. The predicted octanol–water partition coefficient (Wildman–Crippen LogP) is -2.49. The van der Waals surface area contributed by atoms with Crippen molar-refractivity contribution in [2.24, 2.45) is 0 Å². The Morgan fingerprint density at radius 2 is 1.48 bits per heavy atom. The largest absolute Gasteiger partial charge is 0.388 e. The Hall–Kier alpha value is -1.18. The van der Waals surface area contributed by atoms with E-state index in [0.29, 0.717) is 6.42 Å². The number of benzene rings is 1. The molecule has 2 heterocycles. The maximum absolute atomic E-state index is 10.2. The zero-order valence-corrected chi connectivity index (χ0v) is 15.7. The molecular formula is C19H28O10. The summed E-state index contributed by atoms with van der Waals surface area (Å²) in [5, 5.41) is 59.4. The van der Waals surface area contributed by atoms with Crippen molar-refractivity contribution >= 4 is 0 Å². The van der Waals surface area contributed by atoms with Crippen LogP contribution in [0.15, 0.2) is 30.3 Å². The van der Waals surface area contributed by atoms with Gasteiger partial charge in [-0.3, -0.25) is 0 Å². The lowest BCUT2D eigenvalue weighted by atomic mass is 9.99. The Kier molecular flexibility index (Phi) is 7.93. The van der Waals surface area contributed by atoms with Crippen molar-refractivity contribution in [3.05, 3.63) is 35.9 Å². The highest BCUT2D eigenvalue weighted by molar-refractivity contribution is 5.14. The first-order valence-corrected chi connectivity index (χ1v) is 9.51. The van der Waals surface area contributed by atoms with Gasteiger partial charge in [-0.2, -0.15) is 0 Å². The van der Waals surface area contributed by atoms with Gasteiger partial charge < -0.3 is 49.6 Å². The van der Waals surface area contributed by atoms with Crippen molar-refractivity contribution in [1.29, 1.82) is 0 Å². The maximum atomic E-state index is 10.2. The molecule has 1 aromatic carbocycles. The zero-order chi connectivity index (χ0) is 21.0. The normalized spacial score (nSPS) is 40.7. The summed E-state index contributed by atoms with van der Waals surface area (Å²) in [5.74, 6) is 0. The lowest BCUT2D eigenvalue weighted by molar-refractivity contribution is -0.320. The molecule has 2 aliphatic rings. The first kappa shape index (κ1) is 22.5. The second-order valence-corrected chi connectivity index (χ2v) is 7.20. The second-order valence-electron chi connectivity index (χ2n) is 7.20. The van der Waals surface area contributed by atoms with Gasteiger partial charge >= 0.3 is 0 Å². The van der Waals surface area contributed by atoms with Crippen LogP contribution in [0.5, 0.6) is 0 Å². The summed E-state index contributed by atoms with van der Waals surface area (Å²) >= 11 is 0. The van der Waals surface area contributed by atoms with Crippen LogP contribution in [0.1, 0.15) is 5.56 Å². The van der Waals surface area contributed by atoms with Crippen LogP contribution in [0, 0.1) is 0 Å². The molecule has 1 aromatic rings. The molecule has 0 spiro atoms. The smallest absolute Gasteiger partial charge is 0.186 e. The van der Waals surface area contributed by atoms with Crippen molar-refractivity contribution in [3.8, 4) is 0 Å². The van der Waals surface area contributed by atoms with Gasteiger partial charge in [0.2, 0.25) is 0 Å². The van der Waals surface area contributed by atoms with E-state index in [2.05, 4.69) is 0 Å². The summed E-state index contributed by atoms with van der Waals surface area (Å²) in [7, 11) is 0. The summed E-state index contributed by atoms with van der Waals surface area (Å²) in [5.41, 5.74) is 1.03. The highest BCUT2D eigenvalue weighted by Gasteiger charge is 2.45. The SMILES string of the molecule is O[C@@H]1[C@@H](O)[C@H](OCCc2ccccc2)O[C@H](CO[C@@H]2OC[C@H](O)[C@@H](O)[C@H]2O)[C@H]1O. The highest BCUT2D eigenvalue weighted by Crippen LogP contribution is 2.24. The van der Waals surface area contributed by atoms with E-state index in [0.717, 1.165) is 5.56 Å². The lowest BCUT2D eigenvalue weighted by Crippen LogP contribution is -2.60. The quantitative estimate of drug-likeness (QED) is 0.281. The van der Waals surface area contributed by atoms with Gasteiger partial charge in [0.1, 0.15) is 42.7 Å². The molecule has 0 aromatic heterocycles. The van der Waals surface area contributed by atoms with Gasteiger partial charge in [0.25, 0.3) is 0 Å². The fourth-order valence-corrected chi connectivity index (χ4v) is 3.25. The first-order valence-electron chi connectivity index (χ1n) is 9.51. The molecule has 2 saturated heterocycles. The molecule has 0 unspecified atom stereocenters. The van der Waals surface area contributed by atoms with Crippen molar-refractivity contribution < 1.29 is 49.6 Å². The van der Waals surface area contributed by atoms with E-state index >= 15 is 0 Å². The first-order chi connectivity index (χ1) is 13.9. The molecular weight excluding hydrogens is 388 g/mol. The molecule has 2 aliphatic heterocycles. The standard InChI is InChI=1S/C19H28O10/c20-11-8-27-18(16(24)13(11)21)28-9-12-14(22)15(23)17(25)19(29-12)26-7-6-10-4-2-1-3-5-10/h1-5,11-25H,6-9H2/t11-,12+,13+,14+,15-,16+,17+,18-,19+/m0/s1. The van der Waals surface area contributed by atoms with Crippen LogP contribution < -0.4 is 0 Å². The van der Waals surface area contributed by atoms with Crippen molar-refractivity contribution in [2.75, 3.05) is 19.8 Å². The van der Waals surface area contributed by atoms with E-state index in [1.165, 1.54) is 0 Å². The number of aliphatic hydroxyl groups is 6. The van der Waals surface area contributed by atoms with E-state index in [-0.39, 0.29) is 19.8 Å². The lowest BCUT2D eigenvalue weighted by Gasteiger charge is -2.41. The summed E-state index contributed by atoms with van der Waals surface area (Å²) in [6, 6.07) is 9.54. The zero-order valence-electron chi connectivity index (χ0n) is 15.7. The Morgan fingerprint density at radius 3 is 2.21 bits per heavy atom. The average Bonchev–Trinajstić information content (AvgIpc) is 2.73. The van der Waals surface area contributed by atoms with Crippen molar-refractivity contribution in [3.63, 3.8) is 0 Å². The van der Waals surface area contributed by atoms with Gasteiger partial charge in [-0.05, 0) is 12.0 Å². The van der Waals surface area contributed by atoms with Crippen LogP contribution in [0.25, 0.3) is 0 Å². The number of hydrogen-bond acceptors (Lipinski definition) is 10. The monoisotopic (exact) mass is 416 g/mol. The molecule has 6 N–H and O–H groups in total. The minimum atomic E-state index is -1.52. The third kappa shape index (κ3) is 5.50. The van der Waals surface area contributed by atoms with Crippen LogP contribution in [-0.2, 0) is 25.4 Å². The number of ether oxygens (including phenoxy) is 4. The fourth-order valence-electron chi connectivity index (χ4n) is 3.25. The van der Waals surface area contributed by atoms with Gasteiger partial charge in [-0.1, -0.05) is 30.3 Å². The Balaban J connectivity index is 1.51. The summed E-state index contributed by atoms with van der Waals surface area (Å²) < 4.78 is 21.6. The van der Waals surface area contributed by atoms with Crippen LogP contribution in [0.4, 0.5) is 0 Å². The molecule has 164 valence electrons. The molecule has 2 fully saturated rings. The van der Waals surface area contributed by atoms with E-state index in [1.807, 2.05) is 30.3 Å². The molecule has 3 rings (SSSR count). The molecule has 9 atom stereocenters. The molecule has 29 heavy (non-hydrogen) atoms. The summed E-state index contributed by atoms with van der Waals surface area (Å²) in [6.07, 6.45) is -11.5. The molecule has 10 nitrogen and oxygen atoms in total. The maximum Gasteiger partial charge on any atom is 0.186 e. The minimum absolute atomic E-state index is 0.219. The highest BCUT2D eigenvalue weighted by atomic mass is 16.7. The van der Waals surface area contributed by atoms with E-state index in [4.69, 9.17) is 18.9 Å². The van der Waals surface area contributed by atoms with Gasteiger partial charge in [-0.25, -0.2) is 0 Å². The average molecular weight is 416 g/mol. The molecule has 0 bridgehead atoms. The molecule has 0 amide bonds. The fraction of sp³-hybridized carbons (Fsp3) is 0.684. The van der Waals surface area contributed by atoms with Gasteiger partial charge in [-0.15, -0.1) is 0 Å². The Labute approximate surface area is 167 Å². The predicted molar refractivity (Wildman–Crippen MR) is 96.5 cm³/mol. The second kappa shape index (κ2) is 10.2. The topological polar surface area (TPSA) is 158 Å². The summed E-state index contributed by atoms with van der Waals surface area (Å²) in [6.45, 7) is -0.325. The molecule has 0 radical (unpaired) electrons. The molecule has 10 heteroatoms. The van der Waals surface area contributed by atoms with E-state index < -0.39 is 55.3 Å². The van der Waals surface area contributed by atoms with Gasteiger partial charge in [0.05, 0.1) is 19.8 Å². The number of rotatable bonds is 7. The van der Waals surface area contributed by atoms with Gasteiger partial charge in [0, 0.05) is 0 Å². The van der Waals surface area contributed by atoms with Gasteiger partial charge in [0.15, 0.2) is 12.6 Å². The van der Waals surface area contributed by atoms with E-state index in [1.54, 1.807) is 0 Å². The minimum Gasteiger partial charge on any atom is -0.388 e. The van der Waals surface area contributed by atoms with Crippen molar-refractivity contribution in [1.82, 2.24) is 0 Å². The van der Waals surface area contributed by atoms with Crippen LogP contribution in [0.3, 0.4) is 0 Å². The number of hydrogen-bond donors (Lipinski definition) is 6. The van der Waals surface area contributed by atoms with Crippen LogP contribution in [0.2, 0.25) is 0 Å².